The average Bonchev–Trinajstić information content (AvgIpc) is 4.34. The fraction of sp³-hybridized carbons (Fsp3) is 0.145. The molecule has 0 saturated heterocycles. The van der Waals surface area contributed by atoms with Gasteiger partial charge in [-0.05, 0) is 92.2 Å². The molecular formula is C55H49N19O7. The maximum Gasteiger partial charge on any atom is 0.263 e. The predicted molar refractivity (Wildman–Crippen MR) is 306 cm³/mol. The number of aliphatic hydroxyl groups excluding tert-OH is 5. The smallest absolute Gasteiger partial charge is 0.263 e. The van der Waals surface area contributed by atoms with Crippen molar-refractivity contribution in [3.8, 4) is 52.2 Å². The van der Waals surface area contributed by atoms with E-state index in [0.29, 0.717) is 102 Å². The van der Waals surface area contributed by atoms with Gasteiger partial charge in [0, 0.05) is 63.8 Å². The average molecular weight is 1090 g/mol. The van der Waals surface area contributed by atoms with Gasteiger partial charge in [-0.2, -0.15) is 4.99 Å². The Kier molecular flexibility index (Phi) is 12.5. The monoisotopic (exact) mass is 1090 g/mol. The van der Waals surface area contributed by atoms with E-state index in [1.807, 2.05) is 18.7 Å². The van der Waals surface area contributed by atoms with Gasteiger partial charge in [0.2, 0.25) is 29.5 Å². The molecule has 12 N–H and O–H groups in total. The molecule has 0 unspecified atom stereocenters. The largest absolute Gasteiger partial charge is 0.505 e. The number of aryl methyl sites for hydroxylation is 4. The number of aromatic hydroxyl groups is 1. The van der Waals surface area contributed by atoms with E-state index < -0.39 is 17.8 Å². The molecule has 0 amide bonds. The Bertz CT molecular complexity index is 4610. The van der Waals surface area contributed by atoms with Crippen molar-refractivity contribution in [3.63, 3.8) is 0 Å². The zero-order chi connectivity index (χ0) is 56.4. The number of nitrogens with one attached hydrogen (secondary N) is 4. The molecule has 0 fully saturated rings. The van der Waals surface area contributed by atoms with Crippen LogP contribution in [0.25, 0.3) is 90.5 Å². The summed E-state index contributed by atoms with van der Waals surface area (Å²) in [6.07, 6.45) is 6.77. The molecule has 1 atom stereocenters. The molecule has 0 radical (unpaired) electrons. The van der Waals surface area contributed by atoms with Gasteiger partial charge in [-0.3, -0.25) is 9.98 Å². The lowest BCUT2D eigenvalue weighted by atomic mass is 10.1. The van der Waals surface area contributed by atoms with E-state index in [1.54, 1.807) is 121 Å². The molecule has 8 aromatic heterocycles. The zero-order valence-electron chi connectivity index (χ0n) is 43.7. The highest BCUT2D eigenvalue weighted by Crippen LogP contribution is 2.33. The van der Waals surface area contributed by atoms with E-state index in [1.165, 1.54) is 13.1 Å². The molecule has 4 aromatic carbocycles. The molecule has 0 aliphatic rings. The second-order valence-corrected chi connectivity index (χ2v) is 19.1. The third kappa shape index (κ3) is 9.73. The Labute approximate surface area is 456 Å². The van der Waals surface area contributed by atoms with Crippen LogP contribution in [0.4, 0.5) is 17.2 Å². The minimum atomic E-state index is -0.956. The van der Waals surface area contributed by atoms with Gasteiger partial charge in [0.1, 0.15) is 11.3 Å². The summed E-state index contributed by atoms with van der Waals surface area (Å²) in [7, 11) is 6.85. The SMILES string of the molecule is CN=C(O)c1ccc2[nH]c(-c3cc(N=C(O)c4ccc5[nH]c(-c6nc(N=C(O)[C@H](N)CCN=C(O)c7ccc8[nH]c(-c9cc(N=C(O)c%10ccc%11[nH]c(-c%12ncc(C)o%12)nc%11c%10)cn9C)nc8c7)cn6C)nc5c4O)cn3C)nc2c1. The van der Waals surface area contributed by atoms with E-state index in [0.717, 1.165) is 11.0 Å². The number of rotatable bonds is 15. The van der Waals surface area contributed by atoms with Crippen LogP contribution in [0.2, 0.25) is 0 Å². The number of aromatic amines is 4. The van der Waals surface area contributed by atoms with E-state index in [-0.39, 0.29) is 59.1 Å². The van der Waals surface area contributed by atoms with E-state index in [9.17, 15) is 30.6 Å². The number of nitrogens with zero attached hydrogens (tertiary/aromatic N) is 14. The summed E-state index contributed by atoms with van der Waals surface area (Å²) < 4.78 is 10.8. The van der Waals surface area contributed by atoms with Crippen molar-refractivity contribution in [2.75, 3.05) is 13.6 Å². The van der Waals surface area contributed by atoms with Crippen LogP contribution in [-0.4, -0.2) is 143 Å². The zero-order valence-corrected chi connectivity index (χ0v) is 43.7. The highest BCUT2D eigenvalue weighted by molar-refractivity contribution is 6.03. The molecule has 26 nitrogen and oxygen atoms in total. The molecule has 12 aromatic rings. The fourth-order valence-corrected chi connectivity index (χ4v) is 9.23. The molecule has 0 aliphatic carbocycles. The van der Waals surface area contributed by atoms with Crippen molar-refractivity contribution in [1.82, 2.24) is 63.5 Å². The first kappa shape index (κ1) is 50.7. The fourth-order valence-electron chi connectivity index (χ4n) is 9.23. The lowest BCUT2D eigenvalue weighted by molar-refractivity contribution is 0.473. The molecule has 8 heterocycles. The maximum atomic E-state index is 11.3. The van der Waals surface area contributed by atoms with Gasteiger partial charge in [-0.15, -0.1) is 0 Å². The number of fused-ring (bicyclic) bond motifs is 4. The van der Waals surface area contributed by atoms with Gasteiger partial charge in [-0.25, -0.2) is 39.9 Å². The van der Waals surface area contributed by atoms with Crippen molar-refractivity contribution >= 4 is 90.8 Å². The second-order valence-electron chi connectivity index (χ2n) is 19.1. The van der Waals surface area contributed by atoms with Gasteiger partial charge < -0.3 is 74.4 Å². The van der Waals surface area contributed by atoms with Crippen LogP contribution >= 0.6 is 0 Å². The third-order valence-electron chi connectivity index (χ3n) is 13.4. The van der Waals surface area contributed by atoms with Crippen LogP contribution < -0.4 is 5.73 Å². The van der Waals surface area contributed by atoms with Gasteiger partial charge in [0.05, 0.1) is 85.4 Å². The minimum Gasteiger partial charge on any atom is -0.505 e. The van der Waals surface area contributed by atoms with Gasteiger partial charge in [0.25, 0.3) is 5.89 Å². The summed E-state index contributed by atoms with van der Waals surface area (Å²) in [5.41, 5.74) is 14.6. The molecule has 81 heavy (non-hydrogen) atoms. The van der Waals surface area contributed by atoms with Crippen molar-refractivity contribution in [2.24, 2.45) is 51.8 Å². The number of oxazole rings is 1. The number of hydrogen-bond donors (Lipinski definition) is 11. The van der Waals surface area contributed by atoms with Gasteiger partial charge in [-0.1, -0.05) is 0 Å². The number of aromatic nitrogens is 13. The molecule has 406 valence electrons. The molecule has 12 rings (SSSR count). The Morgan fingerprint density at radius 1 is 0.605 bits per heavy atom. The summed E-state index contributed by atoms with van der Waals surface area (Å²) >= 11 is 0. The number of phenols is 1. The van der Waals surface area contributed by atoms with Crippen molar-refractivity contribution in [2.45, 2.75) is 19.4 Å². The third-order valence-corrected chi connectivity index (χ3v) is 13.4. The number of H-pyrrole nitrogens is 4. The van der Waals surface area contributed by atoms with E-state index >= 15 is 0 Å². The number of phenolic OH excluding ortho intramolecular Hbond substituents is 1. The summed E-state index contributed by atoms with van der Waals surface area (Å²) in [6, 6.07) is 21.4. The Balaban J connectivity index is 0.682. The number of aliphatic imine (C=N–C) groups is 5. The molecule has 0 saturated carbocycles. The predicted octanol–water partition coefficient (Wildman–Crippen LogP) is 8.79. The molecule has 0 aliphatic heterocycles. The van der Waals surface area contributed by atoms with E-state index in [2.05, 4.69) is 69.8 Å². The molecule has 26 heteroatoms. The highest BCUT2D eigenvalue weighted by atomic mass is 16.4. The van der Waals surface area contributed by atoms with Crippen LogP contribution in [0, 0.1) is 6.92 Å². The van der Waals surface area contributed by atoms with Crippen LogP contribution in [0.3, 0.4) is 0 Å². The van der Waals surface area contributed by atoms with Crippen molar-refractivity contribution in [1.29, 1.82) is 0 Å². The first-order chi connectivity index (χ1) is 39.0. The number of nitrogens with two attached hydrogens (primary N) is 1. The lowest BCUT2D eigenvalue weighted by Crippen LogP contribution is -2.31. The summed E-state index contributed by atoms with van der Waals surface area (Å²) in [5.74, 6) is 1.58. The summed E-state index contributed by atoms with van der Waals surface area (Å²) in [6.45, 7) is 1.85. The van der Waals surface area contributed by atoms with Crippen molar-refractivity contribution < 1.29 is 35.1 Å². The van der Waals surface area contributed by atoms with Crippen LogP contribution in [0.1, 0.15) is 34.4 Å². The number of imidazole rings is 5. The highest BCUT2D eigenvalue weighted by Gasteiger charge is 2.21. The topological polar surface area (TPSA) is 378 Å². The first-order valence-corrected chi connectivity index (χ1v) is 25.0. The van der Waals surface area contributed by atoms with Crippen molar-refractivity contribution in [3.05, 3.63) is 132 Å². The molecule has 0 bridgehead atoms. The standard InChI is InChI=1S/C55H49N19O7/c1-25-21-59-55(81-25)48-64-35-12-8-28(18-39(35)68-48)52(78)60-29-19-40(72(3)22-29)45-63-34-11-7-27(17-38(34)67-45)51(77)58-15-14-32(56)54(80)70-42-24-74(5)49(69-42)47-65-36-13-9-31(44(75)43(36)71-47)53(79)61-30-20-41(73(4)23-30)46-62-33-10-6-26(50(76)57-2)16-37(33)66-46/h6-13,16-24,32,75H,14-15,56H2,1-5H3,(H,57,76)(H,58,77)(H,60,78)(H,61,79)(H,62,66)(H,63,67)(H,64,68)(H,65,71)(H,70,80)/t32-/m1/s1. The maximum absolute atomic E-state index is 11.3. The first-order valence-electron chi connectivity index (χ1n) is 25.0. The Hall–Kier alpha value is -11.2. The summed E-state index contributed by atoms with van der Waals surface area (Å²) in [5, 5.41) is 65.5. The number of benzene rings is 4. The number of aliphatic hydroxyl groups is 5. The minimum absolute atomic E-state index is 0.0375. The van der Waals surface area contributed by atoms with Crippen LogP contribution in [0.15, 0.2) is 133 Å². The van der Waals surface area contributed by atoms with Crippen LogP contribution in [-0.2, 0) is 21.1 Å². The van der Waals surface area contributed by atoms with Gasteiger partial charge in [0.15, 0.2) is 40.7 Å². The number of hydrogen-bond acceptors (Lipinski definition) is 14. The van der Waals surface area contributed by atoms with Crippen LogP contribution in [0.5, 0.6) is 5.75 Å². The molecular weight excluding hydrogens is 1040 g/mol. The second kappa shape index (κ2) is 20.0. The molecule has 0 spiro atoms. The van der Waals surface area contributed by atoms with E-state index in [4.69, 9.17) is 15.1 Å². The Morgan fingerprint density at radius 3 is 1.74 bits per heavy atom. The normalized spacial score (nSPS) is 13.5. The van der Waals surface area contributed by atoms with Gasteiger partial charge >= 0.3 is 0 Å². The quantitative estimate of drug-likeness (QED) is 0.0338. The Morgan fingerprint density at radius 2 is 1.15 bits per heavy atom. The lowest BCUT2D eigenvalue weighted by Gasteiger charge is -2.07. The summed E-state index contributed by atoms with van der Waals surface area (Å²) in [4.78, 5) is 61.4.